The molecule has 0 spiro atoms. The van der Waals surface area contributed by atoms with Crippen molar-refractivity contribution in [2.45, 2.75) is 64.8 Å². The molecule has 2 unspecified atom stereocenters. The van der Waals surface area contributed by atoms with Crippen molar-refractivity contribution in [3.8, 4) is 11.4 Å². The van der Waals surface area contributed by atoms with E-state index in [2.05, 4.69) is 39.9 Å². The van der Waals surface area contributed by atoms with Crippen LogP contribution >= 0.6 is 15.9 Å². The topological polar surface area (TPSA) is 59.2 Å². The molecular formula is C21H28BrN3O2. The van der Waals surface area contributed by atoms with Crippen LogP contribution in [-0.2, 0) is 4.79 Å². The van der Waals surface area contributed by atoms with E-state index in [-0.39, 0.29) is 17.9 Å². The molecule has 1 aliphatic rings. The number of unbranched alkanes of at least 4 members (excludes halogenated alkanes) is 1. The zero-order chi connectivity index (χ0) is 19.2. The molecule has 0 saturated carbocycles. The molecule has 1 saturated heterocycles. The Balaban J connectivity index is 1.79. The number of carbonyl (C=O) groups is 1. The van der Waals surface area contributed by atoms with E-state index in [0.29, 0.717) is 11.7 Å². The van der Waals surface area contributed by atoms with Gasteiger partial charge in [0.15, 0.2) is 0 Å². The van der Waals surface area contributed by atoms with Gasteiger partial charge in [0.1, 0.15) is 6.04 Å². The predicted molar refractivity (Wildman–Crippen MR) is 109 cm³/mol. The Morgan fingerprint density at radius 1 is 1.30 bits per heavy atom. The third-order valence-corrected chi connectivity index (χ3v) is 5.89. The summed E-state index contributed by atoms with van der Waals surface area (Å²) in [5, 5.41) is 4.16. The van der Waals surface area contributed by atoms with Crippen LogP contribution in [0.1, 0.15) is 70.7 Å². The van der Waals surface area contributed by atoms with Gasteiger partial charge < -0.3 is 9.42 Å². The zero-order valence-corrected chi connectivity index (χ0v) is 17.7. The van der Waals surface area contributed by atoms with Gasteiger partial charge in [-0.3, -0.25) is 4.79 Å². The van der Waals surface area contributed by atoms with E-state index in [0.717, 1.165) is 61.5 Å². The molecule has 6 heteroatoms. The molecular weight excluding hydrogens is 406 g/mol. The molecule has 0 N–H and O–H groups in total. The first-order chi connectivity index (χ1) is 13.1. The Morgan fingerprint density at radius 3 is 2.78 bits per heavy atom. The van der Waals surface area contributed by atoms with E-state index in [1.54, 1.807) is 0 Å². The first kappa shape index (κ1) is 20.1. The minimum Gasteiger partial charge on any atom is -0.337 e. The van der Waals surface area contributed by atoms with E-state index < -0.39 is 0 Å². The fourth-order valence-corrected chi connectivity index (χ4v) is 3.99. The molecule has 3 rings (SSSR count). The van der Waals surface area contributed by atoms with E-state index >= 15 is 0 Å². The van der Waals surface area contributed by atoms with Gasteiger partial charge in [0.2, 0.25) is 17.6 Å². The standard InChI is InChI=1S/C21H28BrN3O2/c1-3-5-8-15(4-2)21(26)25-14-7-6-9-18(25)20-23-19(24-27-20)16-10-12-17(22)13-11-16/h10-13,15,18H,3-9,14H2,1-2H3. The molecule has 5 nitrogen and oxygen atoms in total. The van der Waals surface area contributed by atoms with Gasteiger partial charge in [-0.15, -0.1) is 0 Å². The highest BCUT2D eigenvalue weighted by Crippen LogP contribution is 2.33. The molecule has 0 aliphatic carbocycles. The number of nitrogens with zero attached hydrogens (tertiary/aromatic N) is 3. The number of likely N-dealkylation sites (tertiary alicyclic amines) is 1. The number of benzene rings is 1. The molecule has 1 fully saturated rings. The zero-order valence-electron chi connectivity index (χ0n) is 16.2. The van der Waals surface area contributed by atoms with E-state index in [1.165, 1.54) is 0 Å². The molecule has 1 aromatic carbocycles. The molecule has 2 aromatic rings. The van der Waals surface area contributed by atoms with Crippen LogP contribution in [0.15, 0.2) is 33.3 Å². The Labute approximate surface area is 169 Å². The molecule has 0 bridgehead atoms. The van der Waals surface area contributed by atoms with Gasteiger partial charge in [-0.1, -0.05) is 47.8 Å². The second-order valence-corrected chi connectivity index (χ2v) is 8.17. The van der Waals surface area contributed by atoms with E-state index in [9.17, 15) is 4.79 Å². The molecule has 1 aliphatic heterocycles. The molecule has 146 valence electrons. The summed E-state index contributed by atoms with van der Waals surface area (Å²) in [5.41, 5.74) is 0.913. The summed E-state index contributed by atoms with van der Waals surface area (Å²) < 4.78 is 6.61. The fraction of sp³-hybridized carbons (Fsp3) is 0.571. The first-order valence-electron chi connectivity index (χ1n) is 10.0. The van der Waals surface area contributed by atoms with Gasteiger partial charge in [0.25, 0.3) is 0 Å². The summed E-state index contributed by atoms with van der Waals surface area (Å²) in [5.74, 6) is 1.48. The average molecular weight is 434 g/mol. The van der Waals surface area contributed by atoms with Crippen LogP contribution in [0, 0.1) is 5.92 Å². The average Bonchev–Trinajstić information content (AvgIpc) is 3.19. The van der Waals surface area contributed by atoms with Gasteiger partial charge >= 0.3 is 0 Å². The highest BCUT2D eigenvalue weighted by atomic mass is 79.9. The number of hydrogen-bond donors (Lipinski definition) is 0. The summed E-state index contributed by atoms with van der Waals surface area (Å²) in [7, 11) is 0. The second-order valence-electron chi connectivity index (χ2n) is 7.25. The van der Waals surface area contributed by atoms with Gasteiger partial charge in [-0.2, -0.15) is 4.98 Å². The highest BCUT2D eigenvalue weighted by Gasteiger charge is 2.34. The lowest BCUT2D eigenvalue weighted by Gasteiger charge is -2.35. The molecule has 1 aromatic heterocycles. The number of hydrogen-bond acceptors (Lipinski definition) is 4. The monoisotopic (exact) mass is 433 g/mol. The van der Waals surface area contributed by atoms with Crippen molar-refractivity contribution in [2.75, 3.05) is 6.54 Å². The lowest BCUT2D eigenvalue weighted by molar-refractivity contribution is -0.140. The van der Waals surface area contributed by atoms with E-state index in [1.807, 2.05) is 29.2 Å². The van der Waals surface area contributed by atoms with Crippen molar-refractivity contribution < 1.29 is 9.32 Å². The lowest BCUT2D eigenvalue weighted by Crippen LogP contribution is -2.42. The van der Waals surface area contributed by atoms with Crippen LogP contribution in [0.4, 0.5) is 0 Å². The number of amides is 1. The summed E-state index contributed by atoms with van der Waals surface area (Å²) in [6.45, 7) is 5.06. The summed E-state index contributed by atoms with van der Waals surface area (Å²) in [6.07, 6.45) is 7.07. The largest absolute Gasteiger partial charge is 0.337 e. The van der Waals surface area contributed by atoms with Crippen LogP contribution in [0.3, 0.4) is 0 Å². The van der Waals surface area contributed by atoms with Crippen molar-refractivity contribution in [3.63, 3.8) is 0 Å². The molecule has 2 heterocycles. The fourth-order valence-electron chi connectivity index (χ4n) is 3.73. The normalized spacial score (nSPS) is 18.5. The number of rotatable bonds is 7. The van der Waals surface area contributed by atoms with Crippen LogP contribution in [0.25, 0.3) is 11.4 Å². The third-order valence-electron chi connectivity index (χ3n) is 5.36. The SMILES string of the molecule is CCCCC(CC)C(=O)N1CCCCC1c1nc(-c2ccc(Br)cc2)no1. The summed E-state index contributed by atoms with van der Waals surface area (Å²) >= 11 is 3.44. The Bertz CT molecular complexity index is 744. The predicted octanol–water partition coefficient (Wildman–Crippen LogP) is 5.77. The maximum Gasteiger partial charge on any atom is 0.249 e. The maximum atomic E-state index is 13.2. The Hall–Kier alpha value is -1.69. The molecule has 2 atom stereocenters. The van der Waals surface area contributed by atoms with Gasteiger partial charge in [0, 0.05) is 22.5 Å². The second kappa shape index (κ2) is 9.49. The van der Waals surface area contributed by atoms with E-state index in [4.69, 9.17) is 4.52 Å². The number of carbonyl (C=O) groups excluding carboxylic acids is 1. The van der Waals surface area contributed by atoms with Gasteiger partial charge in [-0.05, 0) is 56.4 Å². The number of halogens is 1. The van der Waals surface area contributed by atoms with Crippen LogP contribution < -0.4 is 0 Å². The van der Waals surface area contributed by atoms with Crippen LogP contribution in [-0.4, -0.2) is 27.5 Å². The van der Waals surface area contributed by atoms with Crippen molar-refractivity contribution in [1.82, 2.24) is 15.0 Å². The van der Waals surface area contributed by atoms with Crippen LogP contribution in [0.5, 0.6) is 0 Å². The molecule has 0 radical (unpaired) electrons. The van der Waals surface area contributed by atoms with Gasteiger partial charge in [0.05, 0.1) is 0 Å². The summed E-state index contributed by atoms with van der Waals surface area (Å²) in [4.78, 5) is 19.8. The van der Waals surface area contributed by atoms with Gasteiger partial charge in [-0.25, -0.2) is 0 Å². The Kier molecular flexibility index (Phi) is 7.05. The van der Waals surface area contributed by atoms with Crippen molar-refractivity contribution in [3.05, 3.63) is 34.6 Å². The highest BCUT2D eigenvalue weighted by molar-refractivity contribution is 9.10. The molecule has 1 amide bonds. The number of aromatic nitrogens is 2. The smallest absolute Gasteiger partial charge is 0.249 e. The van der Waals surface area contributed by atoms with Crippen LogP contribution in [0.2, 0.25) is 0 Å². The molecule has 27 heavy (non-hydrogen) atoms. The lowest BCUT2D eigenvalue weighted by atomic mass is 9.94. The Morgan fingerprint density at radius 2 is 2.07 bits per heavy atom. The quantitative estimate of drug-likeness (QED) is 0.555. The number of piperidine rings is 1. The first-order valence-corrected chi connectivity index (χ1v) is 10.8. The minimum atomic E-state index is -0.0985. The third kappa shape index (κ3) is 4.78. The van der Waals surface area contributed by atoms with Crippen molar-refractivity contribution >= 4 is 21.8 Å². The van der Waals surface area contributed by atoms with Crippen molar-refractivity contribution in [2.24, 2.45) is 5.92 Å². The minimum absolute atomic E-state index is 0.0967. The van der Waals surface area contributed by atoms with Crippen molar-refractivity contribution in [1.29, 1.82) is 0 Å². The summed E-state index contributed by atoms with van der Waals surface area (Å²) in [6, 6.07) is 7.74. The maximum absolute atomic E-state index is 13.2.